The third-order valence-electron chi connectivity index (χ3n) is 4.11. The first-order valence-corrected chi connectivity index (χ1v) is 7.87. The lowest BCUT2D eigenvalue weighted by molar-refractivity contribution is -0.919. The van der Waals surface area contributed by atoms with Crippen molar-refractivity contribution in [2.75, 3.05) is 18.4 Å². The van der Waals surface area contributed by atoms with E-state index >= 15 is 0 Å². The summed E-state index contributed by atoms with van der Waals surface area (Å²) in [4.78, 5) is 13.5. The van der Waals surface area contributed by atoms with Gasteiger partial charge in [-0.1, -0.05) is 22.9 Å². The van der Waals surface area contributed by atoms with Crippen LogP contribution in [-0.4, -0.2) is 25.0 Å². The van der Waals surface area contributed by atoms with Gasteiger partial charge in [0.1, 0.15) is 5.82 Å². The highest BCUT2D eigenvalue weighted by atomic mass is 79.9. The van der Waals surface area contributed by atoms with Crippen molar-refractivity contribution >= 4 is 27.5 Å². The predicted molar refractivity (Wildman–Crippen MR) is 81.3 cm³/mol. The Bertz CT molecular complexity index is 487. The summed E-state index contributed by atoms with van der Waals surface area (Å²) in [6.45, 7) is 6.19. The normalized spacial score (nSPS) is 24.2. The van der Waals surface area contributed by atoms with Gasteiger partial charge < -0.3 is 10.2 Å². The van der Waals surface area contributed by atoms with Gasteiger partial charge in [0.25, 0.3) is 5.91 Å². The van der Waals surface area contributed by atoms with Crippen LogP contribution in [0.25, 0.3) is 0 Å². The highest BCUT2D eigenvalue weighted by Crippen LogP contribution is 2.19. The van der Waals surface area contributed by atoms with Crippen LogP contribution < -0.4 is 10.2 Å². The molecule has 1 aliphatic heterocycles. The zero-order valence-electron chi connectivity index (χ0n) is 11.9. The van der Waals surface area contributed by atoms with E-state index in [0.717, 1.165) is 31.8 Å². The maximum Gasteiger partial charge on any atom is 0.282 e. The van der Waals surface area contributed by atoms with Crippen molar-refractivity contribution in [1.29, 1.82) is 0 Å². The van der Waals surface area contributed by atoms with Gasteiger partial charge in [-0.25, -0.2) is 4.39 Å². The highest BCUT2D eigenvalue weighted by Gasteiger charge is 2.29. The zero-order chi connectivity index (χ0) is 14.7. The fraction of sp³-hybridized carbons (Fsp3) is 0.533. The molecule has 1 aromatic carbocycles. The number of carbonyl (C=O) groups is 1. The van der Waals surface area contributed by atoms with Gasteiger partial charge >= 0.3 is 0 Å². The minimum Gasteiger partial charge on any atom is -0.325 e. The summed E-state index contributed by atoms with van der Waals surface area (Å²) in [7, 11) is 0. The number of nitrogens with one attached hydrogen (secondary N) is 2. The first-order chi connectivity index (χ1) is 9.47. The molecule has 1 saturated heterocycles. The molecule has 2 N–H and O–H groups in total. The van der Waals surface area contributed by atoms with E-state index in [1.165, 1.54) is 11.0 Å². The van der Waals surface area contributed by atoms with Crippen molar-refractivity contribution in [2.24, 2.45) is 5.92 Å². The average molecular weight is 344 g/mol. The number of hydrogen-bond donors (Lipinski definition) is 2. The third-order valence-corrected chi connectivity index (χ3v) is 4.60. The second-order valence-electron chi connectivity index (χ2n) is 5.68. The SMILES string of the molecule is CC1CC[NH+]([C@@H](C)C(=O)Nc2ccc(Br)cc2F)CC1. The van der Waals surface area contributed by atoms with Crippen LogP contribution in [0.5, 0.6) is 0 Å². The fourth-order valence-corrected chi connectivity index (χ4v) is 2.92. The lowest BCUT2D eigenvalue weighted by atomic mass is 9.98. The lowest BCUT2D eigenvalue weighted by Crippen LogP contribution is -3.17. The van der Waals surface area contributed by atoms with Crippen molar-refractivity contribution in [1.82, 2.24) is 0 Å². The molecule has 0 saturated carbocycles. The Balaban J connectivity index is 1.97. The van der Waals surface area contributed by atoms with Gasteiger partial charge in [0.2, 0.25) is 0 Å². The number of rotatable bonds is 3. The first-order valence-electron chi connectivity index (χ1n) is 7.08. The first kappa shape index (κ1) is 15.4. The molecule has 0 aliphatic carbocycles. The molecule has 0 aromatic heterocycles. The number of quaternary nitrogens is 1. The Hall–Kier alpha value is -0.940. The molecule has 5 heteroatoms. The van der Waals surface area contributed by atoms with Crippen LogP contribution in [0.15, 0.2) is 22.7 Å². The number of amides is 1. The van der Waals surface area contributed by atoms with E-state index in [0.29, 0.717) is 4.47 Å². The van der Waals surface area contributed by atoms with Crippen molar-refractivity contribution < 1.29 is 14.1 Å². The van der Waals surface area contributed by atoms with E-state index in [2.05, 4.69) is 28.2 Å². The van der Waals surface area contributed by atoms with Crippen LogP contribution in [0, 0.1) is 11.7 Å². The van der Waals surface area contributed by atoms with Crippen LogP contribution in [0.2, 0.25) is 0 Å². The number of likely N-dealkylation sites (tertiary alicyclic amines) is 1. The van der Waals surface area contributed by atoms with Crippen LogP contribution in [0.1, 0.15) is 26.7 Å². The van der Waals surface area contributed by atoms with E-state index < -0.39 is 5.82 Å². The predicted octanol–water partition coefficient (Wildman–Crippen LogP) is 2.23. The van der Waals surface area contributed by atoms with Gasteiger partial charge in [0, 0.05) is 4.47 Å². The molecular formula is C15H21BrFN2O+. The molecule has 1 fully saturated rings. The summed E-state index contributed by atoms with van der Waals surface area (Å²) in [5.41, 5.74) is 0.245. The largest absolute Gasteiger partial charge is 0.325 e. The summed E-state index contributed by atoms with van der Waals surface area (Å²) in [6.07, 6.45) is 2.30. The summed E-state index contributed by atoms with van der Waals surface area (Å²) in [5, 5.41) is 2.69. The van der Waals surface area contributed by atoms with Crippen LogP contribution in [0.4, 0.5) is 10.1 Å². The number of carbonyl (C=O) groups excluding carboxylic acids is 1. The van der Waals surface area contributed by atoms with E-state index in [1.807, 2.05) is 6.92 Å². The molecule has 110 valence electrons. The van der Waals surface area contributed by atoms with Crippen molar-refractivity contribution in [3.05, 3.63) is 28.5 Å². The Labute approximate surface area is 127 Å². The van der Waals surface area contributed by atoms with Gasteiger partial charge in [-0.3, -0.25) is 4.79 Å². The maximum absolute atomic E-state index is 13.7. The molecule has 0 spiro atoms. The van der Waals surface area contributed by atoms with Crippen LogP contribution >= 0.6 is 15.9 Å². The summed E-state index contributed by atoms with van der Waals surface area (Å²) >= 11 is 3.20. The van der Waals surface area contributed by atoms with E-state index in [1.54, 1.807) is 12.1 Å². The maximum atomic E-state index is 13.7. The molecule has 2 rings (SSSR count). The molecule has 0 unspecified atom stereocenters. The number of halogens is 2. The van der Waals surface area contributed by atoms with Crippen molar-refractivity contribution in [3.63, 3.8) is 0 Å². The quantitative estimate of drug-likeness (QED) is 0.866. The summed E-state index contributed by atoms with van der Waals surface area (Å²) in [6, 6.07) is 4.51. The van der Waals surface area contributed by atoms with Crippen LogP contribution in [-0.2, 0) is 4.79 Å². The molecule has 1 amide bonds. The smallest absolute Gasteiger partial charge is 0.282 e. The zero-order valence-corrected chi connectivity index (χ0v) is 13.5. The molecule has 3 nitrogen and oxygen atoms in total. The Morgan fingerprint density at radius 3 is 2.70 bits per heavy atom. The second-order valence-corrected chi connectivity index (χ2v) is 6.59. The molecule has 20 heavy (non-hydrogen) atoms. The van der Waals surface area contributed by atoms with Gasteiger partial charge in [0.15, 0.2) is 6.04 Å². The topological polar surface area (TPSA) is 33.5 Å². The number of piperidine rings is 1. The van der Waals surface area contributed by atoms with Gasteiger partial charge in [-0.05, 0) is 43.9 Å². The third kappa shape index (κ3) is 3.79. The van der Waals surface area contributed by atoms with E-state index in [4.69, 9.17) is 0 Å². The monoisotopic (exact) mass is 343 g/mol. The van der Waals surface area contributed by atoms with Crippen molar-refractivity contribution in [2.45, 2.75) is 32.7 Å². The van der Waals surface area contributed by atoms with Gasteiger partial charge in [-0.15, -0.1) is 0 Å². The minimum absolute atomic E-state index is 0.115. The molecule has 0 radical (unpaired) electrons. The second kappa shape index (κ2) is 6.68. The highest BCUT2D eigenvalue weighted by molar-refractivity contribution is 9.10. The summed E-state index contributed by atoms with van der Waals surface area (Å²) < 4.78 is 14.4. The van der Waals surface area contributed by atoms with Crippen LogP contribution in [0.3, 0.4) is 0 Å². The number of anilines is 1. The molecule has 1 aliphatic rings. The van der Waals surface area contributed by atoms with E-state index in [9.17, 15) is 9.18 Å². The van der Waals surface area contributed by atoms with E-state index in [-0.39, 0.29) is 17.6 Å². The average Bonchev–Trinajstić information content (AvgIpc) is 2.42. The Kier molecular flexibility index (Phi) is 5.16. The summed E-state index contributed by atoms with van der Waals surface area (Å²) in [5.74, 6) is 0.218. The molecule has 1 atom stereocenters. The number of hydrogen-bond acceptors (Lipinski definition) is 1. The fourth-order valence-electron chi connectivity index (χ4n) is 2.58. The van der Waals surface area contributed by atoms with Crippen molar-refractivity contribution in [3.8, 4) is 0 Å². The molecule has 0 bridgehead atoms. The molecule has 1 heterocycles. The van der Waals surface area contributed by atoms with Gasteiger partial charge in [-0.2, -0.15) is 0 Å². The standard InChI is InChI=1S/C15H20BrFN2O/c1-10-5-7-19(8-6-10)11(2)15(20)18-14-4-3-12(16)9-13(14)17/h3-4,9-11H,5-8H2,1-2H3,(H,18,20)/p+1/t11-/m0/s1. The lowest BCUT2D eigenvalue weighted by Gasteiger charge is -2.31. The number of benzene rings is 1. The Morgan fingerprint density at radius 2 is 2.10 bits per heavy atom. The molecule has 1 aromatic rings. The molecular weight excluding hydrogens is 323 g/mol. The minimum atomic E-state index is -0.415. The Morgan fingerprint density at radius 1 is 1.45 bits per heavy atom. The van der Waals surface area contributed by atoms with Gasteiger partial charge in [0.05, 0.1) is 18.8 Å².